The van der Waals surface area contributed by atoms with Gasteiger partial charge in [-0.3, -0.25) is 0 Å². The maximum Gasteiger partial charge on any atom is 0.317 e. The van der Waals surface area contributed by atoms with Gasteiger partial charge in [-0.2, -0.15) is 0 Å². The SMILES string of the molecule is O=C(NCc1ccccc1-c1ccccc1)N1CCC2(CC1)OCc1ccccc12.O=C=NCc1ccccc1-c1ccccc1.c1ccc2c(c1)COC21CCNCC1. The zero-order chi connectivity index (χ0) is 41.0. The average Bonchev–Trinajstić information content (AvgIpc) is 3.86. The molecule has 2 fully saturated rings. The average molecular weight is 797 g/mol. The number of carbonyl (C=O) groups is 1. The number of fused-ring (bicyclic) bond motifs is 4. The van der Waals surface area contributed by atoms with Crippen LogP contribution in [0.5, 0.6) is 0 Å². The maximum atomic E-state index is 12.8. The number of benzene rings is 6. The molecule has 304 valence electrons. The van der Waals surface area contributed by atoms with Crippen molar-refractivity contribution in [2.24, 2.45) is 4.99 Å². The molecule has 4 aliphatic rings. The Bertz CT molecular complexity index is 2390. The normalized spacial score (nSPS) is 16.6. The lowest BCUT2D eigenvalue weighted by Crippen LogP contribution is -2.48. The molecule has 8 nitrogen and oxygen atoms in total. The van der Waals surface area contributed by atoms with Gasteiger partial charge in [0, 0.05) is 19.6 Å². The highest BCUT2D eigenvalue weighted by Gasteiger charge is 2.43. The number of piperidine rings is 2. The van der Waals surface area contributed by atoms with Gasteiger partial charge in [0.2, 0.25) is 6.08 Å². The first kappa shape index (κ1) is 40.6. The Morgan fingerprint density at radius 2 is 1.07 bits per heavy atom. The summed E-state index contributed by atoms with van der Waals surface area (Å²) < 4.78 is 12.2. The van der Waals surface area contributed by atoms with E-state index in [4.69, 9.17) is 9.47 Å². The van der Waals surface area contributed by atoms with Crippen LogP contribution in [0.25, 0.3) is 22.3 Å². The number of amides is 2. The first-order valence-electron chi connectivity index (χ1n) is 21.1. The molecule has 0 unspecified atom stereocenters. The van der Waals surface area contributed by atoms with Crippen LogP contribution in [-0.2, 0) is 51.8 Å². The summed E-state index contributed by atoms with van der Waals surface area (Å²) in [6.45, 7) is 5.96. The summed E-state index contributed by atoms with van der Waals surface area (Å²) in [6.07, 6.45) is 5.49. The van der Waals surface area contributed by atoms with Crippen LogP contribution in [0.4, 0.5) is 4.79 Å². The Kier molecular flexibility index (Phi) is 13.1. The molecule has 0 saturated carbocycles. The third kappa shape index (κ3) is 9.18. The first-order valence-corrected chi connectivity index (χ1v) is 21.1. The summed E-state index contributed by atoms with van der Waals surface area (Å²) in [5.41, 5.74) is 12.0. The highest BCUT2D eigenvalue weighted by molar-refractivity contribution is 5.75. The minimum absolute atomic E-state index is 0.000929. The topological polar surface area (TPSA) is 92.3 Å². The van der Waals surface area contributed by atoms with Crippen LogP contribution in [0.2, 0.25) is 0 Å². The Hall–Kier alpha value is -6.15. The van der Waals surface area contributed by atoms with Gasteiger partial charge in [-0.05, 0) is 94.4 Å². The van der Waals surface area contributed by atoms with Crippen molar-refractivity contribution in [1.29, 1.82) is 0 Å². The fourth-order valence-electron chi connectivity index (χ4n) is 9.03. The molecule has 2 spiro atoms. The van der Waals surface area contributed by atoms with Crippen LogP contribution in [0.15, 0.2) is 163 Å². The number of likely N-dealkylation sites (tertiary alicyclic amines) is 1. The summed E-state index contributed by atoms with van der Waals surface area (Å²) in [5.74, 6) is 0. The molecule has 10 rings (SSSR count). The maximum absolute atomic E-state index is 12.8. The summed E-state index contributed by atoms with van der Waals surface area (Å²) in [6, 6.07) is 53.7. The van der Waals surface area contributed by atoms with Gasteiger partial charge in [-0.1, -0.05) is 158 Å². The quantitative estimate of drug-likeness (QED) is 0.129. The predicted octanol–water partition coefficient (Wildman–Crippen LogP) is 10.1. The number of rotatable bonds is 6. The van der Waals surface area contributed by atoms with Crippen LogP contribution in [0.1, 0.15) is 59.1 Å². The van der Waals surface area contributed by atoms with E-state index in [1.165, 1.54) is 27.8 Å². The minimum atomic E-state index is -0.215. The van der Waals surface area contributed by atoms with Crippen LogP contribution >= 0.6 is 0 Å². The van der Waals surface area contributed by atoms with Gasteiger partial charge in [0.05, 0.1) is 31.0 Å². The third-order valence-corrected chi connectivity index (χ3v) is 12.2. The van der Waals surface area contributed by atoms with Crippen LogP contribution < -0.4 is 10.6 Å². The molecule has 0 bridgehead atoms. The standard InChI is InChI=1S/C26H26N2O2.C14H11NO.C12H15NO/c29-25(27-18-21-10-4-6-12-23(21)20-8-2-1-3-9-20)28-16-14-26(15-17-28)24-13-7-5-11-22(24)19-30-26;16-11-15-10-13-8-4-5-9-14(13)12-6-2-1-3-7-12;1-2-4-11-10(3-1)9-14-12(11)5-7-13-8-6-12/h1-13H,14-19H2,(H,27,29);1-9H,10H2;1-4,13H,5-9H2. The van der Waals surface area contributed by atoms with E-state index in [9.17, 15) is 9.59 Å². The number of nitrogens with zero attached hydrogens (tertiary/aromatic N) is 2. The second-order valence-corrected chi connectivity index (χ2v) is 15.7. The van der Waals surface area contributed by atoms with Gasteiger partial charge in [-0.25, -0.2) is 14.6 Å². The lowest BCUT2D eigenvalue weighted by atomic mass is 9.84. The number of isocyanates is 1. The van der Waals surface area contributed by atoms with Crippen molar-refractivity contribution >= 4 is 12.1 Å². The first-order chi connectivity index (χ1) is 29.6. The highest BCUT2D eigenvalue weighted by atomic mass is 16.5. The highest BCUT2D eigenvalue weighted by Crippen LogP contribution is 2.44. The smallest absolute Gasteiger partial charge is 0.317 e. The lowest BCUT2D eigenvalue weighted by molar-refractivity contribution is -0.0728. The van der Waals surface area contributed by atoms with Gasteiger partial charge < -0.3 is 25.0 Å². The zero-order valence-corrected chi connectivity index (χ0v) is 34.0. The molecule has 6 aromatic carbocycles. The van der Waals surface area contributed by atoms with Crippen molar-refractivity contribution in [3.8, 4) is 22.3 Å². The molecule has 8 heteroatoms. The Morgan fingerprint density at radius 3 is 1.63 bits per heavy atom. The lowest BCUT2D eigenvalue weighted by Gasteiger charge is -2.39. The van der Waals surface area contributed by atoms with Crippen molar-refractivity contribution in [2.75, 3.05) is 26.2 Å². The van der Waals surface area contributed by atoms with Crippen molar-refractivity contribution in [3.63, 3.8) is 0 Å². The zero-order valence-electron chi connectivity index (χ0n) is 34.0. The number of hydrogen-bond acceptors (Lipinski definition) is 6. The number of aliphatic imine (C=N–C) groups is 1. The molecule has 6 aromatic rings. The van der Waals surface area contributed by atoms with Gasteiger partial charge in [0.1, 0.15) is 0 Å². The van der Waals surface area contributed by atoms with Crippen LogP contribution in [0, 0.1) is 0 Å². The van der Waals surface area contributed by atoms with Crippen molar-refractivity contribution < 1.29 is 19.1 Å². The van der Waals surface area contributed by atoms with Gasteiger partial charge >= 0.3 is 6.03 Å². The summed E-state index contributed by atoms with van der Waals surface area (Å²) in [7, 11) is 0. The van der Waals surface area contributed by atoms with Crippen molar-refractivity contribution in [2.45, 2.75) is 63.2 Å². The summed E-state index contributed by atoms with van der Waals surface area (Å²) >= 11 is 0. The second kappa shape index (κ2) is 19.3. The van der Waals surface area contributed by atoms with Gasteiger partial charge in [-0.15, -0.1) is 0 Å². The fraction of sp³-hybridized carbons (Fsp3) is 0.269. The monoisotopic (exact) mass is 796 g/mol. The molecule has 0 atom stereocenters. The van der Waals surface area contributed by atoms with Crippen molar-refractivity contribution in [1.82, 2.24) is 15.5 Å². The molecular weight excluding hydrogens is 745 g/mol. The van der Waals surface area contributed by atoms with Crippen LogP contribution in [-0.4, -0.2) is 43.2 Å². The van der Waals surface area contributed by atoms with E-state index >= 15 is 0 Å². The van der Waals surface area contributed by atoms with E-state index in [2.05, 4.69) is 88.4 Å². The van der Waals surface area contributed by atoms with Crippen molar-refractivity contribution in [3.05, 3.63) is 191 Å². The molecule has 2 saturated heterocycles. The number of ether oxygens (including phenoxy) is 2. The van der Waals surface area contributed by atoms with E-state index < -0.39 is 0 Å². The largest absolute Gasteiger partial charge is 0.365 e. The number of carbonyl (C=O) groups excluding carboxylic acids is 2. The number of hydrogen-bond donors (Lipinski definition) is 2. The van der Waals surface area contributed by atoms with E-state index in [-0.39, 0.29) is 17.2 Å². The Balaban J connectivity index is 0.000000139. The second-order valence-electron chi connectivity index (χ2n) is 15.7. The molecule has 0 aliphatic carbocycles. The van der Waals surface area contributed by atoms with E-state index in [1.54, 1.807) is 6.08 Å². The Morgan fingerprint density at radius 1 is 0.600 bits per heavy atom. The van der Waals surface area contributed by atoms with E-state index in [0.29, 0.717) is 32.8 Å². The molecular formula is C52H52N4O4. The minimum Gasteiger partial charge on any atom is -0.365 e. The van der Waals surface area contributed by atoms with Gasteiger partial charge in [0.15, 0.2) is 0 Å². The summed E-state index contributed by atoms with van der Waals surface area (Å²) in [5, 5.41) is 6.51. The summed E-state index contributed by atoms with van der Waals surface area (Å²) in [4.78, 5) is 28.5. The van der Waals surface area contributed by atoms with Gasteiger partial charge in [0.25, 0.3) is 0 Å². The molecule has 2 amide bonds. The predicted molar refractivity (Wildman–Crippen MR) is 237 cm³/mol. The van der Waals surface area contributed by atoms with Crippen LogP contribution in [0.3, 0.4) is 0 Å². The fourth-order valence-corrected chi connectivity index (χ4v) is 9.03. The third-order valence-electron chi connectivity index (χ3n) is 12.2. The van der Waals surface area contributed by atoms with E-state index in [1.807, 2.05) is 89.8 Å². The number of nitrogens with one attached hydrogen (secondary N) is 2. The molecule has 0 aromatic heterocycles. The molecule has 4 aliphatic heterocycles. The Labute approximate surface area is 353 Å². The molecule has 2 N–H and O–H groups in total. The molecule has 0 radical (unpaired) electrons. The number of urea groups is 1. The molecule has 60 heavy (non-hydrogen) atoms. The molecule has 4 heterocycles. The van der Waals surface area contributed by atoms with E-state index in [0.717, 1.165) is 73.2 Å².